The number of carbonyl (C=O) groups is 1. The van der Waals surface area contributed by atoms with E-state index in [0.717, 1.165) is 33.7 Å². The van der Waals surface area contributed by atoms with Crippen molar-refractivity contribution in [2.45, 2.75) is 13.3 Å². The number of anilines is 1. The number of aromatic nitrogens is 2. The van der Waals surface area contributed by atoms with Crippen LogP contribution in [0.3, 0.4) is 0 Å². The molecule has 2 N–H and O–H groups in total. The van der Waals surface area contributed by atoms with Crippen LogP contribution in [0, 0.1) is 6.92 Å². The SMILES string of the molecule is Cc1ccc2nc(-c3cccc(NC(=O)Cc4ccc(Cl)cc4)c3)[nH]c2c1. The number of hydrogen-bond acceptors (Lipinski definition) is 2. The summed E-state index contributed by atoms with van der Waals surface area (Å²) in [5, 5.41) is 3.60. The number of nitrogens with zero attached hydrogens (tertiary/aromatic N) is 1. The number of imidazole rings is 1. The predicted octanol–water partition coefficient (Wildman–Crippen LogP) is 5.37. The summed E-state index contributed by atoms with van der Waals surface area (Å²) in [6, 6.07) is 21.1. The van der Waals surface area contributed by atoms with Crippen molar-refractivity contribution in [3.63, 3.8) is 0 Å². The molecule has 134 valence electrons. The van der Waals surface area contributed by atoms with Crippen molar-refractivity contribution in [1.82, 2.24) is 9.97 Å². The van der Waals surface area contributed by atoms with Gasteiger partial charge >= 0.3 is 0 Å². The first-order chi connectivity index (χ1) is 13.1. The number of rotatable bonds is 4. The van der Waals surface area contributed by atoms with Gasteiger partial charge in [-0.05, 0) is 54.4 Å². The van der Waals surface area contributed by atoms with Crippen molar-refractivity contribution in [3.8, 4) is 11.4 Å². The zero-order valence-corrected chi connectivity index (χ0v) is 15.5. The van der Waals surface area contributed by atoms with Crippen LogP contribution in [0.1, 0.15) is 11.1 Å². The van der Waals surface area contributed by atoms with E-state index in [1.807, 2.05) is 48.5 Å². The van der Waals surface area contributed by atoms with Gasteiger partial charge in [0.2, 0.25) is 5.91 Å². The molecule has 1 amide bonds. The fraction of sp³-hybridized carbons (Fsp3) is 0.0909. The second-order valence-electron chi connectivity index (χ2n) is 6.54. The van der Waals surface area contributed by atoms with Gasteiger partial charge in [-0.3, -0.25) is 4.79 Å². The molecule has 0 fully saturated rings. The van der Waals surface area contributed by atoms with Gasteiger partial charge in [-0.15, -0.1) is 0 Å². The largest absolute Gasteiger partial charge is 0.338 e. The van der Waals surface area contributed by atoms with Crippen LogP contribution in [-0.2, 0) is 11.2 Å². The summed E-state index contributed by atoms with van der Waals surface area (Å²) in [5.41, 5.74) is 5.69. The van der Waals surface area contributed by atoms with Crippen molar-refractivity contribution in [3.05, 3.63) is 82.9 Å². The van der Waals surface area contributed by atoms with Crippen molar-refractivity contribution in [2.75, 3.05) is 5.32 Å². The summed E-state index contributed by atoms with van der Waals surface area (Å²) in [5.74, 6) is 0.708. The maximum absolute atomic E-state index is 12.3. The molecule has 4 nitrogen and oxygen atoms in total. The van der Waals surface area contributed by atoms with Gasteiger partial charge in [-0.25, -0.2) is 4.98 Å². The van der Waals surface area contributed by atoms with E-state index in [-0.39, 0.29) is 5.91 Å². The third kappa shape index (κ3) is 4.01. The average molecular weight is 376 g/mol. The van der Waals surface area contributed by atoms with Crippen molar-refractivity contribution in [1.29, 1.82) is 0 Å². The van der Waals surface area contributed by atoms with E-state index in [4.69, 9.17) is 11.6 Å². The maximum Gasteiger partial charge on any atom is 0.228 e. The van der Waals surface area contributed by atoms with Crippen molar-refractivity contribution < 1.29 is 4.79 Å². The van der Waals surface area contributed by atoms with E-state index in [9.17, 15) is 4.79 Å². The maximum atomic E-state index is 12.3. The first kappa shape index (κ1) is 17.3. The third-order valence-corrected chi connectivity index (χ3v) is 4.59. The molecule has 0 atom stereocenters. The normalized spacial score (nSPS) is 10.9. The fourth-order valence-electron chi connectivity index (χ4n) is 3.00. The molecule has 4 aromatic rings. The zero-order valence-electron chi connectivity index (χ0n) is 14.8. The van der Waals surface area contributed by atoms with E-state index in [1.165, 1.54) is 5.56 Å². The molecule has 0 spiro atoms. The first-order valence-electron chi connectivity index (χ1n) is 8.68. The lowest BCUT2D eigenvalue weighted by Gasteiger charge is -2.07. The lowest BCUT2D eigenvalue weighted by Crippen LogP contribution is -2.14. The molecule has 0 radical (unpaired) electrons. The molecule has 5 heteroatoms. The van der Waals surface area contributed by atoms with E-state index >= 15 is 0 Å². The van der Waals surface area contributed by atoms with Crippen LogP contribution in [0.5, 0.6) is 0 Å². The number of benzene rings is 3. The Balaban J connectivity index is 1.52. The standard InChI is InChI=1S/C22H18ClN3O/c1-14-5-10-19-20(11-14)26-22(25-19)16-3-2-4-18(13-16)24-21(27)12-15-6-8-17(23)9-7-15/h2-11,13H,12H2,1H3,(H,24,27)(H,25,26). The lowest BCUT2D eigenvalue weighted by atomic mass is 10.1. The molecule has 4 rings (SSSR count). The number of aromatic amines is 1. The minimum absolute atomic E-state index is 0.0743. The van der Waals surface area contributed by atoms with Crippen LogP contribution in [0.4, 0.5) is 5.69 Å². The first-order valence-corrected chi connectivity index (χ1v) is 9.06. The Bertz CT molecular complexity index is 1120. The highest BCUT2D eigenvalue weighted by Crippen LogP contribution is 2.24. The molecule has 0 aliphatic rings. The molecule has 3 aromatic carbocycles. The highest BCUT2D eigenvalue weighted by atomic mass is 35.5. The third-order valence-electron chi connectivity index (χ3n) is 4.34. The quantitative estimate of drug-likeness (QED) is 0.503. The summed E-state index contributed by atoms with van der Waals surface area (Å²) in [6.07, 6.45) is 0.297. The minimum Gasteiger partial charge on any atom is -0.338 e. The lowest BCUT2D eigenvalue weighted by molar-refractivity contribution is -0.115. The number of carbonyl (C=O) groups excluding carboxylic acids is 1. The van der Waals surface area contributed by atoms with E-state index in [2.05, 4.69) is 28.3 Å². The van der Waals surface area contributed by atoms with Crippen LogP contribution in [0.15, 0.2) is 66.7 Å². The Labute approximate surface area is 162 Å². The number of nitrogens with one attached hydrogen (secondary N) is 2. The molecule has 0 unspecified atom stereocenters. The second kappa shape index (κ2) is 7.25. The van der Waals surface area contributed by atoms with E-state index in [1.54, 1.807) is 12.1 Å². The number of halogens is 1. The van der Waals surface area contributed by atoms with Gasteiger partial charge < -0.3 is 10.3 Å². The molecule has 0 saturated carbocycles. The van der Waals surface area contributed by atoms with Crippen LogP contribution >= 0.6 is 11.6 Å². The van der Waals surface area contributed by atoms with Gasteiger partial charge in [-0.2, -0.15) is 0 Å². The second-order valence-corrected chi connectivity index (χ2v) is 6.97. The smallest absolute Gasteiger partial charge is 0.228 e. The Hall–Kier alpha value is -3.11. The number of amides is 1. The van der Waals surface area contributed by atoms with Crippen LogP contribution < -0.4 is 5.32 Å². The molecule has 1 aromatic heterocycles. The number of H-pyrrole nitrogens is 1. The molecule has 0 aliphatic heterocycles. The Kier molecular flexibility index (Phi) is 4.65. The van der Waals surface area contributed by atoms with Gasteiger partial charge in [-0.1, -0.05) is 41.9 Å². The van der Waals surface area contributed by atoms with Gasteiger partial charge in [0.25, 0.3) is 0 Å². The van der Waals surface area contributed by atoms with Crippen LogP contribution in [0.2, 0.25) is 5.02 Å². The molecule has 0 saturated heterocycles. The summed E-state index contributed by atoms with van der Waals surface area (Å²) < 4.78 is 0. The summed E-state index contributed by atoms with van der Waals surface area (Å²) >= 11 is 5.88. The van der Waals surface area contributed by atoms with Gasteiger partial charge in [0, 0.05) is 16.3 Å². The highest BCUT2D eigenvalue weighted by molar-refractivity contribution is 6.30. The Morgan fingerprint density at radius 1 is 1.07 bits per heavy atom. The van der Waals surface area contributed by atoms with E-state index in [0.29, 0.717) is 11.4 Å². The van der Waals surface area contributed by atoms with Crippen molar-refractivity contribution in [2.24, 2.45) is 0 Å². The Morgan fingerprint density at radius 2 is 1.89 bits per heavy atom. The number of aryl methyl sites for hydroxylation is 1. The van der Waals surface area contributed by atoms with Gasteiger partial charge in [0.1, 0.15) is 5.82 Å². The zero-order chi connectivity index (χ0) is 18.8. The summed E-state index contributed by atoms with van der Waals surface area (Å²) in [4.78, 5) is 20.3. The number of hydrogen-bond donors (Lipinski definition) is 2. The van der Waals surface area contributed by atoms with Gasteiger partial charge in [0.15, 0.2) is 0 Å². The van der Waals surface area contributed by atoms with Crippen LogP contribution in [0.25, 0.3) is 22.4 Å². The minimum atomic E-state index is -0.0743. The topological polar surface area (TPSA) is 57.8 Å². The molecular formula is C22H18ClN3O. The van der Waals surface area contributed by atoms with E-state index < -0.39 is 0 Å². The molecule has 0 bridgehead atoms. The molecule has 0 aliphatic carbocycles. The molecule has 1 heterocycles. The average Bonchev–Trinajstić information content (AvgIpc) is 3.07. The molecular weight excluding hydrogens is 358 g/mol. The monoisotopic (exact) mass is 375 g/mol. The summed E-state index contributed by atoms with van der Waals surface area (Å²) in [6.45, 7) is 2.05. The fourth-order valence-corrected chi connectivity index (χ4v) is 3.12. The Morgan fingerprint density at radius 3 is 2.70 bits per heavy atom. The predicted molar refractivity (Wildman–Crippen MR) is 110 cm³/mol. The van der Waals surface area contributed by atoms with Crippen molar-refractivity contribution >= 4 is 34.2 Å². The molecule has 27 heavy (non-hydrogen) atoms. The summed E-state index contributed by atoms with van der Waals surface area (Å²) in [7, 11) is 0. The van der Waals surface area contributed by atoms with Gasteiger partial charge in [0.05, 0.1) is 17.5 Å². The number of fused-ring (bicyclic) bond motifs is 1. The van der Waals surface area contributed by atoms with Crippen LogP contribution in [-0.4, -0.2) is 15.9 Å². The highest BCUT2D eigenvalue weighted by Gasteiger charge is 2.08.